The van der Waals surface area contributed by atoms with Gasteiger partial charge in [-0.15, -0.1) is 0 Å². The van der Waals surface area contributed by atoms with Crippen molar-refractivity contribution in [2.24, 2.45) is 0 Å². The first-order valence-electron chi connectivity index (χ1n) is 8.81. The van der Waals surface area contributed by atoms with Crippen molar-refractivity contribution in [2.45, 2.75) is 24.8 Å². The SMILES string of the molecule is Cc1ccc(C(=O)CCc2ccc(S(C)(=O)=O)nc2)c(Nc2ccccc2)n1. The number of carbonyl (C=O) groups excluding carboxylic acids is 1. The van der Waals surface area contributed by atoms with Gasteiger partial charge in [0.1, 0.15) is 5.82 Å². The number of nitrogens with zero attached hydrogens (tertiary/aromatic N) is 2. The van der Waals surface area contributed by atoms with Crippen LogP contribution in [0.3, 0.4) is 0 Å². The van der Waals surface area contributed by atoms with E-state index in [0.29, 0.717) is 17.8 Å². The lowest BCUT2D eigenvalue weighted by atomic mass is 10.0. The van der Waals surface area contributed by atoms with Gasteiger partial charge in [0.25, 0.3) is 0 Å². The maximum Gasteiger partial charge on any atom is 0.192 e. The summed E-state index contributed by atoms with van der Waals surface area (Å²) in [6, 6.07) is 16.3. The van der Waals surface area contributed by atoms with Crippen LogP contribution in [0.25, 0.3) is 0 Å². The smallest absolute Gasteiger partial charge is 0.192 e. The second kappa shape index (κ2) is 8.31. The third-order valence-electron chi connectivity index (χ3n) is 4.19. The summed E-state index contributed by atoms with van der Waals surface area (Å²) in [7, 11) is -3.33. The summed E-state index contributed by atoms with van der Waals surface area (Å²) < 4.78 is 23.0. The molecule has 0 atom stereocenters. The molecule has 2 aromatic heterocycles. The molecule has 1 N–H and O–H groups in total. The van der Waals surface area contributed by atoms with Crippen molar-refractivity contribution in [3.8, 4) is 0 Å². The number of anilines is 2. The van der Waals surface area contributed by atoms with Gasteiger partial charge in [-0.2, -0.15) is 0 Å². The van der Waals surface area contributed by atoms with Crippen LogP contribution in [0.1, 0.15) is 28.0 Å². The van der Waals surface area contributed by atoms with E-state index in [9.17, 15) is 13.2 Å². The van der Waals surface area contributed by atoms with Gasteiger partial charge in [-0.25, -0.2) is 18.4 Å². The van der Waals surface area contributed by atoms with Crippen molar-refractivity contribution in [1.82, 2.24) is 9.97 Å². The number of sulfone groups is 1. The topological polar surface area (TPSA) is 89.0 Å². The summed E-state index contributed by atoms with van der Waals surface area (Å²) in [5, 5.41) is 3.23. The van der Waals surface area contributed by atoms with Gasteiger partial charge >= 0.3 is 0 Å². The minimum atomic E-state index is -3.33. The van der Waals surface area contributed by atoms with Crippen molar-refractivity contribution in [3.63, 3.8) is 0 Å². The normalized spacial score (nSPS) is 11.2. The van der Waals surface area contributed by atoms with Crippen molar-refractivity contribution in [1.29, 1.82) is 0 Å². The summed E-state index contributed by atoms with van der Waals surface area (Å²) in [5.41, 5.74) is 3.00. The Hall–Kier alpha value is -3.06. The average molecular weight is 395 g/mol. The quantitative estimate of drug-likeness (QED) is 0.613. The van der Waals surface area contributed by atoms with Gasteiger partial charge in [-0.3, -0.25) is 4.79 Å². The van der Waals surface area contributed by atoms with Crippen molar-refractivity contribution in [3.05, 3.63) is 77.6 Å². The molecule has 0 amide bonds. The molecular formula is C21H21N3O3S. The van der Waals surface area contributed by atoms with E-state index in [2.05, 4.69) is 15.3 Å². The summed E-state index contributed by atoms with van der Waals surface area (Å²) in [4.78, 5) is 21.2. The highest BCUT2D eigenvalue weighted by Crippen LogP contribution is 2.21. The number of carbonyl (C=O) groups is 1. The predicted octanol–water partition coefficient (Wildman–Crippen LogP) is 3.75. The van der Waals surface area contributed by atoms with E-state index in [0.717, 1.165) is 23.2 Å². The van der Waals surface area contributed by atoms with Crippen molar-refractivity contribution in [2.75, 3.05) is 11.6 Å². The molecule has 0 saturated heterocycles. The summed E-state index contributed by atoms with van der Waals surface area (Å²) in [5.74, 6) is 0.486. The van der Waals surface area contributed by atoms with Gasteiger partial charge in [0, 0.05) is 30.3 Å². The molecule has 0 spiro atoms. The Morgan fingerprint density at radius 1 is 1.04 bits per heavy atom. The predicted molar refractivity (Wildman–Crippen MR) is 109 cm³/mol. The number of nitrogens with one attached hydrogen (secondary N) is 1. The minimum absolute atomic E-state index is 0.0275. The van der Waals surface area contributed by atoms with Gasteiger partial charge in [-0.1, -0.05) is 24.3 Å². The molecule has 0 aliphatic rings. The van der Waals surface area contributed by atoms with E-state index in [1.165, 1.54) is 12.3 Å². The summed E-state index contributed by atoms with van der Waals surface area (Å²) in [6.45, 7) is 1.87. The number of rotatable bonds is 7. The van der Waals surface area contributed by atoms with Gasteiger partial charge in [0.15, 0.2) is 20.6 Å². The number of ketones is 1. The van der Waals surface area contributed by atoms with E-state index in [4.69, 9.17) is 0 Å². The zero-order chi connectivity index (χ0) is 20.1. The maximum atomic E-state index is 12.8. The lowest BCUT2D eigenvalue weighted by molar-refractivity contribution is 0.0983. The highest BCUT2D eigenvalue weighted by atomic mass is 32.2. The molecule has 28 heavy (non-hydrogen) atoms. The number of hydrogen-bond donors (Lipinski definition) is 1. The average Bonchev–Trinajstić information content (AvgIpc) is 2.67. The molecular weight excluding hydrogens is 374 g/mol. The van der Waals surface area contributed by atoms with Crippen LogP contribution in [-0.2, 0) is 16.3 Å². The van der Waals surface area contributed by atoms with Crippen LogP contribution in [0.2, 0.25) is 0 Å². The molecule has 0 saturated carbocycles. The third kappa shape index (κ3) is 5.01. The van der Waals surface area contributed by atoms with Gasteiger partial charge in [-0.05, 0) is 49.2 Å². The minimum Gasteiger partial charge on any atom is -0.340 e. The van der Waals surface area contributed by atoms with Crippen LogP contribution in [0.4, 0.5) is 11.5 Å². The first-order valence-corrected chi connectivity index (χ1v) is 10.7. The Morgan fingerprint density at radius 3 is 2.43 bits per heavy atom. The number of aryl methyl sites for hydroxylation is 2. The van der Waals surface area contributed by atoms with Gasteiger partial charge < -0.3 is 5.32 Å². The summed E-state index contributed by atoms with van der Waals surface area (Å²) in [6.07, 6.45) is 3.35. The third-order valence-corrected chi connectivity index (χ3v) is 5.19. The molecule has 0 unspecified atom stereocenters. The fourth-order valence-electron chi connectivity index (χ4n) is 2.71. The summed E-state index contributed by atoms with van der Waals surface area (Å²) >= 11 is 0. The van der Waals surface area contributed by atoms with Gasteiger partial charge in [0.05, 0.1) is 5.56 Å². The highest BCUT2D eigenvalue weighted by molar-refractivity contribution is 7.90. The molecule has 3 aromatic rings. The number of pyridine rings is 2. The molecule has 3 rings (SSSR count). The first-order chi connectivity index (χ1) is 13.3. The Bertz CT molecular complexity index is 1080. The van der Waals surface area contributed by atoms with Gasteiger partial charge in [0.2, 0.25) is 0 Å². The Kier molecular flexibility index (Phi) is 5.84. The highest BCUT2D eigenvalue weighted by Gasteiger charge is 2.14. The number of Topliss-reactive ketones (excluding diaryl/α,β-unsaturated/α-hetero) is 1. The molecule has 0 aliphatic heterocycles. The van der Waals surface area contributed by atoms with Crippen LogP contribution in [0.5, 0.6) is 0 Å². The lowest BCUT2D eigenvalue weighted by Crippen LogP contribution is -2.08. The molecule has 0 aliphatic carbocycles. The molecule has 1 aromatic carbocycles. The van der Waals surface area contributed by atoms with E-state index in [-0.39, 0.29) is 17.2 Å². The second-order valence-electron chi connectivity index (χ2n) is 6.54. The zero-order valence-electron chi connectivity index (χ0n) is 15.7. The molecule has 2 heterocycles. The fourth-order valence-corrected chi connectivity index (χ4v) is 3.27. The van der Waals surface area contributed by atoms with Crippen molar-refractivity contribution >= 4 is 27.1 Å². The Labute approximate surface area is 164 Å². The Balaban J connectivity index is 1.74. The largest absolute Gasteiger partial charge is 0.340 e. The maximum absolute atomic E-state index is 12.8. The second-order valence-corrected chi connectivity index (χ2v) is 8.50. The zero-order valence-corrected chi connectivity index (χ0v) is 16.5. The van der Waals surface area contributed by atoms with E-state index in [1.54, 1.807) is 12.1 Å². The number of benzene rings is 1. The fraction of sp³-hybridized carbons (Fsp3) is 0.190. The molecule has 0 fully saturated rings. The lowest BCUT2D eigenvalue weighted by Gasteiger charge is -2.11. The van der Waals surface area contributed by atoms with Crippen LogP contribution < -0.4 is 5.32 Å². The van der Waals surface area contributed by atoms with Crippen LogP contribution in [-0.4, -0.2) is 30.4 Å². The van der Waals surface area contributed by atoms with Crippen molar-refractivity contribution < 1.29 is 13.2 Å². The number of aromatic nitrogens is 2. The molecule has 7 heteroatoms. The first kappa shape index (κ1) is 19.7. The molecule has 0 radical (unpaired) electrons. The standard InChI is InChI=1S/C21H21N3O3S/c1-15-8-11-18(21(23-15)24-17-6-4-3-5-7-17)19(25)12-9-16-10-13-20(22-14-16)28(2,26)27/h3-8,10-11,13-14H,9,12H2,1-2H3,(H,23,24). The van der Waals surface area contributed by atoms with E-state index >= 15 is 0 Å². The monoisotopic (exact) mass is 395 g/mol. The van der Waals surface area contributed by atoms with E-state index < -0.39 is 9.84 Å². The molecule has 0 bridgehead atoms. The Morgan fingerprint density at radius 2 is 1.79 bits per heavy atom. The molecule has 144 valence electrons. The van der Waals surface area contributed by atoms with Crippen LogP contribution in [0, 0.1) is 6.92 Å². The number of hydrogen-bond acceptors (Lipinski definition) is 6. The van der Waals surface area contributed by atoms with Crippen LogP contribution >= 0.6 is 0 Å². The molecule has 6 nitrogen and oxygen atoms in total. The van der Waals surface area contributed by atoms with E-state index in [1.807, 2.05) is 43.3 Å². The number of para-hydroxylation sites is 1. The van der Waals surface area contributed by atoms with Crippen LogP contribution in [0.15, 0.2) is 65.8 Å².